The molecule has 0 saturated carbocycles. The lowest BCUT2D eigenvalue weighted by atomic mass is 10.0. The number of allylic oxidation sites excluding steroid dienone is 2. The van der Waals surface area contributed by atoms with E-state index in [4.69, 9.17) is 21.3 Å². The number of rotatable bonds is 10. The van der Waals surface area contributed by atoms with Crippen LogP contribution in [-0.2, 0) is 13.2 Å². The molecule has 0 fully saturated rings. The van der Waals surface area contributed by atoms with Gasteiger partial charge in [-0.2, -0.15) is 0 Å². The highest BCUT2D eigenvalue weighted by molar-refractivity contribution is 6.31. The van der Waals surface area contributed by atoms with Crippen molar-refractivity contribution in [3.8, 4) is 5.75 Å². The van der Waals surface area contributed by atoms with Crippen LogP contribution in [0.2, 0.25) is 5.02 Å². The standard InChI is InChI=1S/C28H34ClN5O2/c1-7-11-25(33(5)6)22-14-19(4)32-27-21(22)12-10-13-26(27)36-18-23-20(15-30-17-24(23)29)16-31-28(35)34(8-2)9-3/h7,10-15,17H,1,8-9,16,18H2,2-6H3,(H,31,35)/b25-11-. The smallest absolute Gasteiger partial charge is 0.317 e. The first-order valence-corrected chi connectivity index (χ1v) is 12.4. The molecule has 36 heavy (non-hydrogen) atoms. The van der Waals surface area contributed by atoms with Crippen LogP contribution in [-0.4, -0.2) is 53.0 Å². The Hall–Kier alpha value is -3.58. The average Bonchev–Trinajstić information content (AvgIpc) is 2.85. The Morgan fingerprint density at radius 2 is 1.97 bits per heavy atom. The molecule has 0 aliphatic heterocycles. The number of carbonyl (C=O) groups is 1. The number of fused-ring (bicyclic) bond motifs is 1. The number of nitrogens with one attached hydrogen (secondary N) is 1. The van der Waals surface area contributed by atoms with E-state index in [1.165, 1.54) is 0 Å². The van der Waals surface area contributed by atoms with Crippen LogP contribution in [0.25, 0.3) is 16.6 Å². The first-order chi connectivity index (χ1) is 17.3. The van der Waals surface area contributed by atoms with Gasteiger partial charge in [0.2, 0.25) is 0 Å². The Morgan fingerprint density at radius 1 is 1.22 bits per heavy atom. The van der Waals surface area contributed by atoms with Crippen molar-refractivity contribution >= 4 is 34.2 Å². The number of aryl methyl sites for hydroxylation is 1. The van der Waals surface area contributed by atoms with E-state index < -0.39 is 0 Å². The van der Waals surface area contributed by atoms with Gasteiger partial charge < -0.3 is 19.9 Å². The van der Waals surface area contributed by atoms with E-state index in [2.05, 4.69) is 27.8 Å². The number of hydrogen-bond donors (Lipinski definition) is 1. The molecule has 1 aromatic carbocycles. The van der Waals surface area contributed by atoms with Crippen molar-refractivity contribution in [1.29, 1.82) is 0 Å². The first-order valence-electron chi connectivity index (χ1n) is 12.0. The molecule has 0 aliphatic rings. The summed E-state index contributed by atoms with van der Waals surface area (Å²) in [4.78, 5) is 25.2. The van der Waals surface area contributed by atoms with Gasteiger partial charge in [-0.05, 0) is 44.5 Å². The summed E-state index contributed by atoms with van der Waals surface area (Å²) in [5.74, 6) is 0.653. The molecular weight excluding hydrogens is 474 g/mol. The van der Waals surface area contributed by atoms with Gasteiger partial charge in [0.05, 0.1) is 5.02 Å². The van der Waals surface area contributed by atoms with E-state index in [0.29, 0.717) is 30.4 Å². The third-order valence-corrected chi connectivity index (χ3v) is 6.24. The Labute approximate surface area is 218 Å². The fourth-order valence-electron chi connectivity index (χ4n) is 4.03. The lowest BCUT2D eigenvalue weighted by molar-refractivity contribution is 0.202. The maximum absolute atomic E-state index is 12.4. The molecule has 0 unspecified atom stereocenters. The van der Waals surface area contributed by atoms with Crippen molar-refractivity contribution in [2.24, 2.45) is 0 Å². The average molecular weight is 508 g/mol. The number of pyridine rings is 2. The molecule has 3 rings (SSSR count). The van der Waals surface area contributed by atoms with Gasteiger partial charge in [0.1, 0.15) is 17.9 Å². The number of ether oxygens (including phenoxy) is 1. The first kappa shape index (κ1) is 27.0. The highest BCUT2D eigenvalue weighted by Gasteiger charge is 2.16. The lowest BCUT2D eigenvalue weighted by Crippen LogP contribution is -2.39. The molecule has 2 aromatic heterocycles. The number of nitrogens with zero attached hydrogens (tertiary/aromatic N) is 4. The molecular formula is C28H34ClN5O2. The highest BCUT2D eigenvalue weighted by atomic mass is 35.5. The number of para-hydroxylation sites is 1. The Kier molecular flexibility index (Phi) is 9.31. The molecule has 0 aliphatic carbocycles. The van der Waals surface area contributed by atoms with Gasteiger partial charge >= 0.3 is 6.03 Å². The zero-order valence-corrected chi connectivity index (χ0v) is 22.4. The summed E-state index contributed by atoms with van der Waals surface area (Å²) in [6.07, 6.45) is 7.06. The van der Waals surface area contributed by atoms with Crippen molar-refractivity contribution in [3.05, 3.63) is 82.8 Å². The molecule has 0 spiro atoms. The second-order valence-electron chi connectivity index (χ2n) is 8.52. The predicted octanol–water partition coefficient (Wildman–Crippen LogP) is 5.81. The third-order valence-electron chi connectivity index (χ3n) is 5.91. The van der Waals surface area contributed by atoms with E-state index in [-0.39, 0.29) is 12.6 Å². The van der Waals surface area contributed by atoms with Crippen LogP contribution in [0.4, 0.5) is 4.79 Å². The van der Waals surface area contributed by atoms with Crippen molar-refractivity contribution in [3.63, 3.8) is 0 Å². The third kappa shape index (κ3) is 6.15. The van der Waals surface area contributed by atoms with Crippen molar-refractivity contribution in [2.45, 2.75) is 33.9 Å². The number of urea groups is 1. The molecule has 7 nitrogen and oxygen atoms in total. The maximum Gasteiger partial charge on any atom is 0.317 e. The fraction of sp³-hybridized carbons (Fsp3) is 0.321. The van der Waals surface area contributed by atoms with Crippen LogP contribution < -0.4 is 10.1 Å². The molecule has 0 bridgehead atoms. The summed E-state index contributed by atoms with van der Waals surface area (Å²) in [6, 6.07) is 7.84. The highest BCUT2D eigenvalue weighted by Crippen LogP contribution is 2.32. The van der Waals surface area contributed by atoms with Crippen molar-refractivity contribution in [2.75, 3.05) is 27.2 Å². The van der Waals surface area contributed by atoms with Crippen LogP contribution >= 0.6 is 11.6 Å². The Morgan fingerprint density at radius 3 is 2.64 bits per heavy atom. The molecule has 0 saturated heterocycles. The van der Waals surface area contributed by atoms with Crippen molar-refractivity contribution in [1.82, 2.24) is 25.1 Å². The topological polar surface area (TPSA) is 70.6 Å². The summed E-state index contributed by atoms with van der Waals surface area (Å²) in [5, 5.41) is 4.41. The van der Waals surface area contributed by atoms with Crippen LogP contribution in [0.5, 0.6) is 5.75 Å². The molecule has 3 aromatic rings. The van der Waals surface area contributed by atoms with E-state index in [1.807, 2.05) is 59.1 Å². The number of halogens is 1. The number of hydrogen-bond acceptors (Lipinski definition) is 5. The zero-order chi connectivity index (χ0) is 26.2. The SMILES string of the molecule is C=C/C=C(/c1cc(C)nc2c(OCc3c(Cl)cncc3CNC(=O)N(CC)CC)cccc12)N(C)C. The Bertz CT molecular complexity index is 1270. The quantitative estimate of drug-likeness (QED) is 0.350. The number of benzene rings is 1. The van der Waals surface area contributed by atoms with E-state index in [9.17, 15) is 4.79 Å². The van der Waals surface area contributed by atoms with Gasteiger partial charge in [0.15, 0.2) is 0 Å². The summed E-state index contributed by atoms with van der Waals surface area (Å²) in [5.41, 5.74) is 5.31. The largest absolute Gasteiger partial charge is 0.487 e. The van der Waals surface area contributed by atoms with Crippen LogP contribution in [0.3, 0.4) is 0 Å². The molecule has 190 valence electrons. The van der Waals surface area contributed by atoms with Gasteiger partial charge in [-0.3, -0.25) is 4.98 Å². The second kappa shape index (κ2) is 12.4. The van der Waals surface area contributed by atoms with Gasteiger partial charge in [0.25, 0.3) is 0 Å². The summed E-state index contributed by atoms with van der Waals surface area (Å²) in [7, 11) is 4.01. The molecule has 2 heterocycles. The van der Waals surface area contributed by atoms with Crippen LogP contribution in [0, 0.1) is 6.92 Å². The van der Waals surface area contributed by atoms with Crippen LogP contribution in [0.15, 0.2) is 55.4 Å². The minimum Gasteiger partial charge on any atom is -0.487 e. The fourth-order valence-corrected chi connectivity index (χ4v) is 4.26. The summed E-state index contributed by atoms with van der Waals surface area (Å²) < 4.78 is 6.28. The van der Waals surface area contributed by atoms with Crippen molar-refractivity contribution < 1.29 is 9.53 Å². The molecule has 0 radical (unpaired) electrons. The summed E-state index contributed by atoms with van der Waals surface area (Å²) in [6.45, 7) is 11.5. The molecule has 8 heteroatoms. The number of aromatic nitrogens is 2. The van der Waals surface area contributed by atoms with E-state index in [1.54, 1.807) is 23.4 Å². The predicted molar refractivity (Wildman–Crippen MR) is 147 cm³/mol. The van der Waals surface area contributed by atoms with E-state index >= 15 is 0 Å². The van der Waals surface area contributed by atoms with E-state index in [0.717, 1.165) is 39.0 Å². The number of carbonyl (C=O) groups excluding carboxylic acids is 1. The van der Waals surface area contributed by atoms with Gasteiger partial charge in [-0.1, -0.05) is 36.4 Å². The lowest BCUT2D eigenvalue weighted by Gasteiger charge is -2.21. The zero-order valence-electron chi connectivity index (χ0n) is 21.6. The maximum atomic E-state index is 12.4. The number of amides is 2. The minimum absolute atomic E-state index is 0.127. The monoisotopic (exact) mass is 507 g/mol. The second-order valence-corrected chi connectivity index (χ2v) is 8.93. The minimum atomic E-state index is -0.127. The normalized spacial score (nSPS) is 11.3. The molecule has 1 N–H and O–H groups in total. The summed E-state index contributed by atoms with van der Waals surface area (Å²) >= 11 is 6.50. The molecule has 2 amide bonds. The van der Waals surface area contributed by atoms with Gasteiger partial charge in [0, 0.05) is 74.0 Å². The Balaban J connectivity index is 1.92. The van der Waals surface area contributed by atoms with Gasteiger partial charge in [-0.15, -0.1) is 0 Å². The van der Waals surface area contributed by atoms with Gasteiger partial charge in [-0.25, -0.2) is 9.78 Å². The van der Waals surface area contributed by atoms with Crippen LogP contribution in [0.1, 0.15) is 36.2 Å². The molecule has 0 atom stereocenters.